The average molecular weight is 313 g/mol. The highest BCUT2D eigenvalue weighted by Crippen LogP contribution is 2.40. The van der Waals surface area contributed by atoms with Gasteiger partial charge >= 0.3 is 0 Å². The molecule has 23 heavy (non-hydrogen) atoms. The van der Waals surface area contributed by atoms with Gasteiger partial charge in [-0.2, -0.15) is 5.10 Å². The zero-order chi connectivity index (χ0) is 16.2. The lowest BCUT2D eigenvalue weighted by atomic mass is 10.2. The Kier molecular flexibility index (Phi) is 4.76. The molecule has 0 saturated heterocycles. The Hall–Kier alpha value is -2.14. The highest BCUT2D eigenvalue weighted by molar-refractivity contribution is 5.91. The van der Waals surface area contributed by atoms with Crippen LogP contribution in [0.1, 0.15) is 36.9 Å². The summed E-state index contributed by atoms with van der Waals surface area (Å²) in [5.41, 5.74) is 2.04. The summed E-state index contributed by atoms with van der Waals surface area (Å²) in [7, 11) is 0. The number of anilines is 1. The van der Waals surface area contributed by atoms with E-state index >= 15 is 0 Å². The van der Waals surface area contributed by atoms with Gasteiger partial charge in [0.05, 0.1) is 18.8 Å². The van der Waals surface area contributed by atoms with Crippen molar-refractivity contribution in [2.24, 2.45) is 5.92 Å². The lowest BCUT2D eigenvalue weighted by Gasteiger charge is -2.16. The second-order valence-electron chi connectivity index (χ2n) is 6.23. The molecule has 5 nitrogen and oxygen atoms in total. The molecule has 1 fully saturated rings. The number of rotatable bonds is 7. The summed E-state index contributed by atoms with van der Waals surface area (Å²) in [5, 5.41) is 7.36. The summed E-state index contributed by atoms with van der Waals surface area (Å²) >= 11 is 0. The first kappa shape index (κ1) is 15.7. The van der Waals surface area contributed by atoms with Crippen molar-refractivity contribution in [2.75, 3.05) is 11.9 Å². The number of aromatic nitrogens is 2. The van der Waals surface area contributed by atoms with Gasteiger partial charge < -0.3 is 10.1 Å². The monoisotopic (exact) mass is 313 g/mol. The maximum absolute atomic E-state index is 12.1. The van der Waals surface area contributed by atoms with Crippen LogP contribution in [0.25, 0.3) is 0 Å². The molecular formula is C18H23N3O2. The van der Waals surface area contributed by atoms with E-state index in [4.69, 9.17) is 4.74 Å². The fraction of sp³-hybridized carbons (Fsp3) is 0.444. The number of ether oxygens (including phenoxy) is 1. The summed E-state index contributed by atoms with van der Waals surface area (Å²) in [6.45, 7) is 4.59. The maximum atomic E-state index is 12.1. The standard InChI is InChI=1S/C18H23N3O2/c1-13-10-19-21(14(2)16-8-9-16)18(13)20-17(22)12-23-11-15-6-4-3-5-7-15/h3-7,10,14,16H,8-9,11-12H2,1-2H3,(H,20,22). The van der Waals surface area contributed by atoms with Gasteiger partial charge in [-0.05, 0) is 38.2 Å². The molecule has 0 radical (unpaired) electrons. The van der Waals surface area contributed by atoms with E-state index in [9.17, 15) is 4.79 Å². The number of benzene rings is 1. The minimum atomic E-state index is -0.145. The van der Waals surface area contributed by atoms with E-state index < -0.39 is 0 Å². The van der Waals surface area contributed by atoms with Crippen molar-refractivity contribution in [3.8, 4) is 0 Å². The highest BCUT2D eigenvalue weighted by atomic mass is 16.5. The Bertz CT molecular complexity index is 662. The molecule has 0 aliphatic heterocycles. The van der Waals surface area contributed by atoms with Crippen LogP contribution in [0.2, 0.25) is 0 Å². The van der Waals surface area contributed by atoms with Crippen LogP contribution < -0.4 is 5.32 Å². The zero-order valence-electron chi connectivity index (χ0n) is 13.7. The van der Waals surface area contributed by atoms with Crippen LogP contribution in [0, 0.1) is 12.8 Å². The zero-order valence-corrected chi connectivity index (χ0v) is 13.7. The number of carbonyl (C=O) groups excluding carboxylic acids is 1. The lowest BCUT2D eigenvalue weighted by Crippen LogP contribution is -2.22. The third kappa shape index (κ3) is 3.99. The minimum Gasteiger partial charge on any atom is -0.367 e. The Morgan fingerprint density at radius 1 is 1.39 bits per heavy atom. The molecule has 1 atom stereocenters. The average Bonchev–Trinajstić information content (AvgIpc) is 3.34. The van der Waals surface area contributed by atoms with Gasteiger partial charge in [0.1, 0.15) is 12.4 Å². The van der Waals surface area contributed by atoms with Crippen LogP contribution in [-0.2, 0) is 16.1 Å². The van der Waals surface area contributed by atoms with Crippen LogP contribution in [-0.4, -0.2) is 22.3 Å². The van der Waals surface area contributed by atoms with Gasteiger partial charge in [0, 0.05) is 5.56 Å². The van der Waals surface area contributed by atoms with Crippen LogP contribution >= 0.6 is 0 Å². The SMILES string of the molecule is Cc1cnn(C(C)C2CC2)c1NC(=O)COCc1ccccc1. The minimum absolute atomic E-state index is 0.0390. The van der Waals surface area contributed by atoms with E-state index in [1.807, 2.05) is 41.9 Å². The van der Waals surface area contributed by atoms with Crippen molar-refractivity contribution in [3.05, 3.63) is 47.7 Å². The molecule has 5 heteroatoms. The van der Waals surface area contributed by atoms with Crippen molar-refractivity contribution >= 4 is 11.7 Å². The van der Waals surface area contributed by atoms with Crippen LogP contribution in [0.15, 0.2) is 36.5 Å². The molecule has 1 aromatic carbocycles. The Morgan fingerprint density at radius 2 is 2.13 bits per heavy atom. The molecule has 2 aromatic rings. The number of nitrogens with one attached hydrogen (secondary N) is 1. The van der Waals surface area contributed by atoms with Crippen molar-refractivity contribution < 1.29 is 9.53 Å². The van der Waals surface area contributed by atoms with E-state index in [1.165, 1.54) is 12.8 Å². The Balaban J connectivity index is 1.54. The lowest BCUT2D eigenvalue weighted by molar-refractivity contribution is -0.121. The molecule has 1 amide bonds. The Labute approximate surface area is 136 Å². The number of amides is 1. The van der Waals surface area contributed by atoms with Crippen molar-refractivity contribution in [2.45, 2.75) is 39.3 Å². The van der Waals surface area contributed by atoms with Crippen molar-refractivity contribution in [1.29, 1.82) is 0 Å². The second-order valence-corrected chi connectivity index (χ2v) is 6.23. The first-order chi connectivity index (χ1) is 11.1. The quantitative estimate of drug-likeness (QED) is 0.853. The smallest absolute Gasteiger partial charge is 0.251 e. The molecule has 1 aliphatic carbocycles. The molecule has 3 rings (SSSR count). The summed E-state index contributed by atoms with van der Waals surface area (Å²) in [6, 6.07) is 10.2. The topological polar surface area (TPSA) is 56.2 Å². The molecule has 1 aliphatic rings. The molecule has 1 aromatic heterocycles. The number of hydrogen-bond acceptors (Lipinski definition) is 3. The predicted molar refractivity (Wildman–Crippen MR) is 89.1 cm³/mol. The molecule has 0 spiro atoms. The van der Waals surface area contributed by atoms with Gasteiger partial charge in [0.15, 0.2) is 0 Å². The summed E-state index contributed by atoms with van der Waals surface area (Å²) in [5.74, 6) is 1.32. The van der Waals surface area contributed by atoms with Crippen LogP contribution in [0.5, 0.6) is 0 Å². The number of hydrogen-bond donors (Lipinski definition) is 1. The summed E-state index contributed by atoms with van der Waals surface area (Å²) in [6.07, 6.45) is 4.29. The van der Waals surface area contributed by atoms with Gasteiger partial charge in [-0.15, -0.1) is 0 Å². The number of aryl methyl sites for hydroxylation is 1. The van der Waals surface area contributed by atoms with Gasteiger partial charge in [-0.3, -0.25) is 4.79 Å². The van der Waals surface area contributed by atoms with E-state index in [2.05, 4.69) is 17.3 Å². The summed E-state index contributed by atoms with van der Waals surface area (Å²) < 4.78 is 7.42. The van der Waals surface area contributed by atoms with Crippen molar-refractivity contribution in [3.63, 3.8) is 0 Å². The third-order valence-corrected chi connectivity index (χ3v) is 4.27. The molecule has 1 heterocycles. The summed E-state index contributed by atoms with van der Waals surface area (Å²) in [4.78, 5) is 12.1. The van der Waals surface area contributed by atoms with Gasteiger partial charge in [0.2, 0.25) is 0 Å². The maximum Gasteiger partial charge on any atom is 0.251 e. The van der Waals surface area contributed by atoms with Gasteiger partial charge in [-0.25, -0.2) is 4.68 Å². The molecule has 1 unspecified atom stereocenters. The number of carbonyl (C=O) groups is 1. The van der Waals surface area contributed by atoms with E-state index in [0.29, 0.717) is 18.6 Å². The number of nitrogens with zero attached hydrogens (tertiary/aromatic N) is 2. The van der Waals surface area contributed by atoms with Crippen molar-refractivity contribution in [1.82, 2.24) is 9.78 Å². The van der Waals surface area contributed by atoms with Gasteiger partial charge in [-0.1, -0.05) is 30.3 Å². The van der Waals surface area contributed by atoms with Crippen LogP contribution in [0.3, 0.4) is 0 Å². The van der Waals surface area contributed by atoms with E-state index in [1.54, 1.807) is 6.20 Å². The second kappa shape index (κ2) is 6.96. The highest BCUT2D eigenvalue weighted by Gasteiger charge is 2.31. The fourth-order valence-corrected chi connectivity index (χ4v) is 2.70. The fourth-order valence-electron chi connectivity index (χ4n) is 2.70. The molecule has 1 saturated carbocycles. The van der Waals surface area contributed by atoms with Gasteiger partial charge in [0.25, 0.3) is 5.91 Å². The molecule has 1 N–H and O–H groups in total. The normalized spacial score (nSPS) is 15.4. The first-order valence-electron chi connectivity index (χ1n) is 8.11. The van der Waals surface area contributed by atoms with Crippen LogP contribution in [0.4, 0.5) is 5.82 Å². The van der Waals surface area contributed by atoms with E-state index in [-0.39, 0.29) is 12.5 Å². The first-order valence-corrected chi connectivity index (χ1v) is 8.11. The Morgan fingerprint density at radius 3 is 2.83 bits per heavy atom. The predicted octanol–water partition coefficient (Wildman–Crippen LogP) is 3.32. The molecule has 0 bridgehead atoms. The largest absolute Gasteiger partial charge is 0.367 e. The van der Waals surface area contributed by atoms with E-state index in [0.717, 1.165) is 16.9 Å². The third-order valence-electron chi connectivity index (χ3n) is 4.27. The molecular weight excluding hydrogens is 290 g/mol. The molecule has 122 valence electrons.